The van der Waals surface area contributed by atoms with Gasteiger partial charge in [0.25, 0.3) is 0 Å². The zero-order chi connectivity index (χ0) is 22.9. The summed E-state index contributed by atoms with van der Waals surface area (Å²) >= 11 is 3.44. The number of hydrogen-bond acceptors (Lipinski definition) is 6. The van der Waals surface area contributed by atoms with Crippen LogP contribution in [0.4, 0.5) is 0 Å². The molecule has 3 aromatic carbocycles. The lowest BCUT2D eigenvalue weighted by Gasteiger charge is -2.16. The second-order valence-electron chi connectivity index (χ2n) is 6.90. The van der Waals surface area contributed by atoms with Crippen LogP contribution < -0.4 is 18.9 Å². The standard InChI is InChI=1S/C25H25BrO6/c1-28-22-11-18(9-10-21(22)31-15-17-7-5-4-6-8-17)16-32-25-19(13-24(27)30-3)12-20(26)14-23(25)29-2/h4-12,14H,13,15-16H2,1-3H3. The number of rotatable bonds is 10. The molecule has 0 aliphatic heterocycles. The molecule has 32 heavy (non-hydrogen) atoms. The van der Waals surface area contributed by atoms with E-state index in [0.717, 1.165) is 15.6 Å². The van der Waals surface area contributed by atoms with Gasteiger partial charge in [-0.3, -0.25) is 4.79 Å². The molecule has 0 radical (unpaired) electrons. The summed E-state index contributed by atoms with van der Waals surface area (Å²) in [5.74, 6) is 1.90. The molecule has 0 saturated carbocycles. The van der Waals surface area contributed by atoms with Gasteiger partial charge in [0.1, 0.15) is 13.2 Å². The first-order valence-corrected chi connectivity index (χ1v) is 10.7. The van der Waals surface area contributed by atoms with Crippen LogP contribution in [0.2, 0.25) is 0 Å². The van der Waals surface area contributed by atoms with E-state index in [9.17, 15) is 4.79 Å². The van der Waals surface area contributed by atoms with E-state index in [1.54, 1.807) is 20.3 Å². The lowest BCUT2D eigenvalue weighted by Crippen LogP contribution is -2.08. The summed E-state index contributed by atoms with van der Waals surface area (Å²) in [5.41, 5.74) is 2.61. The zero-order valence-corrected chi connectivity index (χ0v) is 19.8. The Morgan fingerprint density at radius 3 is 2.19 bits per heavy atom. The van der Waals surface area contributed by atoms with Crippen LogP contribution in [0.3, 0.4) is 0 Å². The third kappa shape index (κ3) is 6.17. The molecule has 0 fully saturated rings. The molecule has 0 atom stereocenters. The summed E-state index contributed by atoms with van der Waals surface area (Å²) in [5, 5.41) is 0. The number of hydrogen-bond donors (Lipinski definition) is 0. The van der Waals surface area contributed by atoms with Crippen LogP contribution in [-0.2, 0) is 29.2 Å². The Balaban J connectivity index is 1.76. The Bertz CT molecular complexity index is 1050. The highest BCUT2D eigenvalue weighted by Gasteiger charge is 2.17. The monoisotopic (exact) mass is 500 g/mol. The summed E-state index contributed by atoms with van der Waals surface area (Å²) < 4.78 is 28.5. The van der Waals surface area contributed by atoms with Crippen LogP contribution in [0.25, 0.3) is 0 Å². The van der Waals surface area contributed by atoms with Gasteiger partial charge >= 0.3 is 5.97 Å². The van der Waals surface area contributed by atoms with Crippen LogP contribution in [0.15, 0.2) is 65.1 Å². The van der Waals surface area contributed by atoms with Crippen molar-refractivity contribution in [3.05, 3.63) is 81.8 Å². The second-order valence-corrected chi connectivity index (χ2v) is 7.81. The zero-order valence-electron chi connectivity index (χ0n) is 18.2. The van der Waals surface area contributed by atoms with Crippen molar-refractivity contribution in [1.82, 2.24) is 0 Å². The molecule has 0 unspecified atom stereocenters. The molecule has 0 aliphatic rings. The Hall–Kier alpha value is -3.19. The molecule has 3 aromatic rings. The van der Waals surface area contributed by atoms with E-state index >= 15 is 0 Å². The van der Waals surface area contributed by atoms with Crippen molar-refractivity contribution in [1.29, 1.82) is 0 Å². The van der Waals surface area contributed by atoms with Gasteiger partial charge in [-0.25, -0.2) is 0 Å². The molecule has 7 heteroatoms. The second kappa shape index (κ2) is 11.4. The maximum Gasteiger partial charge on any atom is 0.310 e. The van der Waals surface area contributed by atoms with Gasteiger partial charge in [-0.15, -0.1) is 0 Å². The van der Waals surface area contributed by atoms with Crippen molar-refractivity contribution >= 4 is 21.9 Å². The van der Waals surface area contributed by atoms with Gasteiger partial charge in [-0.2, -0.15) is 0 Å². The number of ether oxygens (including phenoxy) is 5. The molecule has 0 aromatic heterocycles. The molecule has 3 rings (SSSR count). The maximum absolute atomic E-state index is 11.8. The molecule has 0 saturated heterocycles. The van der Waals surface area contributed by atoms with E-state index in [4.69, 9.17) is 23.7 Å². The Morgan fingerprint density at radius 1 is 0.781 bits per heavy atom. The minimum Gasteiger partial charge on any atom is -0.493 e. The van der Waals surface area contributed by atoms with Gasteiger partial charge in [0.05, 0.1) is 27.8 Å². The van der Waals surface area contributed by atoms with Crippen LogP contribution in [0.1, 0.15) is 16.7 Å². The molecular weight excluding hydrogens is 476 g/mol. The maximum atomic E-state index is 11.8. The number of carbonyl (C=O) groups excluding carboxylic acids is 1. The first kappa shape index (κ1) is 23.5. The van der Waals surface area contributed by atoms with Gasteiger partial charge in [0.15, 0.2) is 23.0 Å². The topological polar surface area (TPSA) is 63.2 Å². The lowest BCUT2D eigenvalue weighted by atomic mass is 10.1. The predicted molar refractivity (Wildman–Crippen MR) is 125 cm³/mol. The van der Waals surface area contributed by atoms with Crippen molar-refractivity contribution in [2.75, 3.05) is 21.3 Å². The van der Waals surface area contributed by atoms with E-state index in [1.807, 2.05) is 54.6 Å². The van der Waals surface area contributed by atoms with E-state index < -0.39 is 0 Å². The average molecular weight is 501 g/mol. The fraction of sp³-hybridized carbons (Fsp3) is 0.240. The third-order valence-corrected chi connectivity index (χ3v) is 5.19. The van der Waals surface area contributed by atoms with Gasteiger partial charge in [-0.1, -0.05) is 52.3 Å². The Morgan fingerprint density at radius 2 is 1.50 bits per heavy atom. The van der Waals surface area contributed by atoms with E-state index in [0.29, 0.717) is 35.2 Å². The van der Waals surface area contributed by atoms with Crippen molar-refractivity contribution in [2.45, 2.75) is 19.6 Å². The summed E-state index contributed by atoms with van der Waals surface area (Å²) in [6.07, 6.45) is 0.0667. The minimum atomic E-state index is -0.364. The van der Waals surface area contributed by atoms with Gasteiger partial charge < -0.3 is 23.7 Å². The number of benzene rings is 3. The normalized spacial score (nSPS) is 10.4. The molecule has 0 amide bonds. The quantitative estimate of drug-likeness (QED) is 0.350. The fourth-order valence-corrected chi connectivity index (χ4v) is 3.59. The smallest absolute Gasteiger partial charge is 0.310 e. The molecular formula is C25H25BrO6. The summed E-state index contributed by atoms with van der Waals surface area (Å²) in [7, 11) is 4.51. The van der Waals surface area contributed by atoms with Crippen molar-refractivity contribution < 1.29 is 28.5 Å². The number of methoxy groups -OCH3 is 3. The molecule has 168 valence electrons. The van der Waals surface area contributed by atoms with Crippen molar-refractivity contribution in [2.24, 2.45) is 0 Å². The van der Waals surface area contributed by atoms with E-state index in [-0.39, 0.29) is 19.0 Å². The molecule has 0 bridgehead atoms. The lowest BCUT2D eigenvalue weighted by molar-refractivity contribution is -0.139. The molecule has 0 spiro atoms. The number of carbonyl (C=O) groups is 1. The summed E-state index contributed by atoms with van der Waals surface area (Å²) in [6, 6.07) is 19.2. The fourth-order valence-electron chi connectivity index (χ4n) is 3.11. The average Bonchev–Trinajstić information content (AvgIpc) is 2.82. The molecule has 0 N–H and O–H groups in total. The highest BCUT2D eigenvalue weighted by molar-refractivity contribution is 9.10. The van der Waals surface area contributed by atoms with Crippen LogP contribution in [0, 0.1) is 0 Å². The Kier molecular flexibility index (Phi) is 8.39. The highest BCUT2D eigenvalue weighted by atomic mass is 79.9. The van der Waals surface area contributed by atoms with E-state index in [1.165, 1.54) is 7.11 Å². The van der Waals surface area contributed by atoms with Crippen LogP contribution in [0.5, 0.6) is 23.0 Å². The van der Waals surface area contributed by atoms with Crippen molar-refractivity contribution in [3.8, 4) is 23.0 Å². The van der Waals surface area contributed by atoms with Gasteiger partial charge in [0, 0.05) is 10.0 Å². The first-order chi connectivity index (χ1) is 15.5. The SMILES string of the molecule is COC(=O)Cc1cc(Br)cc(OC)c1OCc1ccc(OCc2ccccc2)c(OC)c1. The van der Waals surface area contributed by atoms with E-state index in [2.05, 4.69) is 15.9 Å². The van der Waals surface area contributed by atoms with Crippen LogP contribution >= 0.6 is 15.9 Å². The number of esters is 1. The Labute approximate surface area is 196 Å². The minimum absolute atomic E-state index is 0.0667. The number of halogens is 1. The first-order valence-electron chi connectivity index (χ1n) is 9.93. The molecule has 0 heterocycles. The summed E-state index contributed by atoms with van der Waals surface area (Å²) in [6.45, 7) is 0.696. The van der Waals surface area contributed by atoms with Gasteiger partial charge in [0.2, 0.25) is 0 Å². The third-order valence-electron chi connectivity index (χ3n) is 4.73. The summed E-state index contributed by atoms with van der Waals surface area (Å²) in [4.78, 5) is 11.8. The van der Waals surface area contributed by atoms with Crippen LogP contribution in [-0.4, -0.2) is 27.3 Å². The highest BCUT2D eigenvalue weighted by Crippen LogP contribution is 2.36. The van der Waals surface area contributed by atoms with Gasteiger partial charge in [-0.05, 0) is 35.4 Å². The van der Waals surface area contributed by atoms with Crippen molar-refractivity contribution in [3.63, 3.8) is 0 Å². The molecule has 0 aliphatic carbocycles. The molecule has 6 nitrogen and oxygen atoms in total. The largest absolute Gasteiger partial charge is 0.493 e. The predicted octanol–water partition coefficient (Wildman–Crippen LogP) is 5.34.